The number of nitrogens with one attached hydrogen (secondary N) is 2. The van der Waals surface area contributed by atoms with Gasteiger partial charge in [-0.15, -0.1) is 0 Å². The molecule has 142 valence electrons. The van der Waals surface area contributed by atoms with Gasteiger partial charge in [-0.3, -0.25) is 4.79 Å². The average molecular weight is 376 g/mol. The van der Waals surface area contributed by atoms with Gasteiger partial charge in [0.2, 0.25) is 5.91 Å². The Kier molecular flexibility index (Phi) is 3.75. The van der Waals surface area contributed by atoms with Crippen molar-refractivity contribution in [3.8, 4) is 0 Å². The van der Waals surface area contributed by atoms with Gasteiger partial charge in [0.1, 0.15) is 11.6 Å². The van der Waals surface area contributed by atoms with E-state index < -0.39 is 0 Å². The molecule has 6 heteroatoms. The molecule has 5 rings (SSSR count). The van der Waals surface area contributed by atoms with Gasteiger partial charge in [-0.25, -0.2) is 9.37 Å². The van der Waals surface area contributed by atoms with Crippen molar-refractivity contribution in [3.63, 3.8) is 0 Å². The lowest BCUT2D eigenvalue weighted by Crippen LogP contribution is -2.29. The maximum atomic E-state index is 13.5. The number of fused-ring (bicyclic) bond motifs is 2. The summed E-state index contributed by atoms with van der Waals surface area (Å²) >= 11 is 0. The number of aryl methyl sites for hydroxylation is 1. The molecule has 0 bridgehead atoms. The molecule has 1 saturated carbocycles. The first-order chi connectivity index (χ1) is 13.5. The number of amides is 1. The summed E-state index contributed by atoms with van der Waals surface area (Å²) in [6.45, 7) is 1.96. The Bertz CT molecular complexity index is 1170. The van der Waals surface area contributed by atoms with E-state index in [2.05, 4.69) is 15.3 Å². The van der Waals surface area contributed by atoms with Gasteiger partial charge in [-0.05, 0) is 49.7 Å². The van der Waals surface area contributed by atoms with Crippen molar-refractivity contribution in [1.82, 2.24) is 19.9 Å². The molecule has 0 spiro atoms. The monoisotopic (exact) mass is 376 g/mol. The van der Waals surface area contributed by atoms with Gasteiger partial charge < -0.3 is 14.9 Å². The minimum Gasteiger partial charge on any atom is -0.348 e. The van der Waals surface area contributed by atoms with E-state index in [1.165, 1.54) is 12.1 Å². The van der Waals surface area contributed by atoms with Crippen molar-refractivity contribution in [3.05, 3.63) is 65.9 Å². The van der Waals surface area contributed by atoms with Crippen LogP contribution in [0.25, 0.3) is 21.9 Å². The number of aromatic nitrogens is 3. The van der Waals surface area contributed by atoms with E-state index in [1.807, 2.05) is 48.9 Å². The summed E-state index contributed by atoms with van der Waals surface area (Å²) in [5.41, 5.74) is 3.83. The van der Waals surface area contributed by atoms with Gasteiger partial charge in [0.25, 0.3) is 0 Å². The van der Waals surface area contributed by atoms with E-state index in [0.29, 0.717) is 0 Å². The van der Waals surface area contributed by atoms with Crippen LogP contribution >= 0.6 is 0 Å². The summed E-state index contributed by atoms with van der Waals surface area (Å²) in [7, 11) is 1.94. The number of halogens is 1. The first-order valence-corrected chi connectivity index (χ1v) is 9.51. The summed E-state index contributed by atoms with van der Waals surface area (Å²) in [5.74, 6) is 0.743. The van der Waals surface area contributed by atoms with Crippen LogP contribution in [-0.4, -0.2) is 20.4 Å². The first kappa shape index (κ1) is 17.0. The normalized spacial score (nSPS) is 19.8. The van der Waals surface area contributed by atoms with Crippen LogP contribution in [0.3, 0.4) is 0 Å². The molecule has 4 aromatic rings. The van der Waals surface area contributed by atoms with E-state index in [9.17, 15) is 9.18 Å². The summed E-state index contributed by atoms with van der Waals surface area (Å²) in [5, 5.41) is 3.95. The fourth-order valence-electron chi connectivity index (χ4n) is 4.09. The van der Waals surface area contributed by atoms with Gasteiger partial charge in [0, 0.05) is 35.5 Å². The molecule has 1 aliphatic carbocycles. The Morgan fingerprint density at radius 1 is 1.29 bits per heavy atom. The minimum atomic E-state index is -0.256. The second kappa shape index (κ2) is 6.19. The average Bonchev–Trinajstić information content (AvgIpc) is 3.26. The molecular formula is C22H21FN4O. The van der Waals surface area contributed by atoms with E-state index in [1.54, 1.807) is 6.07 Å². The van der Waals surface area contributed by atoms with E-state index >= 15 is 0 Å². The summed E-state index contributed by atoms with van der Waals surface area (Å²) in [6, 6.07) is 14.4. The summed E-state index contributed by atoms with van der Waals surface area (Å²) in [6.07, 6.45) is 0.804. The number of H-pyrrole nitrogens is 1. The van der Waals surface area contributed by atoms with Crippen LogP contribution in [0.15, 0.2) is 48.5 Å². The van der Waals surface area contributed by atoms with Crippen molar-refractivity contribution in [2.24, 2.45) is 13.0 Å². The van der Waals surface area contributed by atoms with Gasteiger partial charge in [0.05, 0.1) is 17.1 Å². The third kappa shape index (κ3) is 2.76. The number of aromatic amines is 1. The smallest absolute Gasteiger partial charge is 0.224 e. The SMILES string of the molecule is CC(NC(=O)[C@H]1C[C@@H]1c1nc2ccccc2[nH]1)c1cc2cc(F)ccc2n1C. The highest BCUT2D eigenvalue weighted by atomic mass is 19.1. The number of benzene rings is 2. The molecule has 1 unspecified atom stereocenters. The molecule has 2 aromatic carbocycles. The lowest BCUT2D eigenvalue weighted by atomic mass is 10.2. The van der Waals surface area contributed by atoms with E-state index in [-0.39, 0.29) is 29.6 Å². The Balaban J connectivity index is 1.31. The van der Waals surface area contributed by atoms with Crippen LogP contribution < -0.4 is 5.32 Å². The van der Waals surface area contributed by atoms with Crippen LogP contribution in [-0.2, 0) is 11.8 Å². The number of para-hydroxylation sites is 2. The largest absolute Gasteiger partial charge is 0.348 e. The Morgan fingerprint density at radius 2 is 2.11 bits per heavy atom. The standard InChI is InChI=1S/C22H21FN4O/c1-12(20-10-13-9-14(23)7-8-19(13)27(20)2)24-22(28)16-11-15(16)21-25-17-5-3-4-6-18(17)26-21/h3-10,12,15-16H,11H2,1-2H3,(H,24,28)(H,25,26)/t12?,15-,16-/m0/s1. The van der Waals surface area contributed by atoms with Crippen LogP contribution in [0.2, 0.25) is 0 Å². The third-order valence-corrected chi connectivity index (χ3v) is 5.73. The molecule has 1 aliphatic rings. The number of rotatable bonds is 4. The maximum absolute atomic E-state index is 13.5. The second-order valence-electron chi connectivity index (χ2n) is 7.65. The quantitative estimate of drug-likeness (QED) is 0.561. The van der Waals surface area contributed by atoms with Gasteiger partial charge in [0.15, 0.2) is 0 Å². The third-order valence-electron chi connectivity index (χ3n) is 5.73. The van der Waals surface area contributed by atoms with Crippen molar-refractivity contribution in [2.75, 3.05) is 0 Å². The molecule has 1 amide bonds. The number of imidazole rings is 1. The zero-order valence-electron chi connectivity index (χ0n) is 15.7. The second-order valence-corrected chi connectivity index (χ2v) is 7.65. The first-order valence-electron chi connectivity index (χ1n) is 9.51. The van der Waals surface area contributed by atoms with Gasteiger partial charge in [-0.2, -0.15) is 0 Å². The van der Waals surface area contributed by atoms with Crippen molar-refractivity contribution < 1.29 is 9.18 Å². The van der Waals surface area contributed by atoms with E-state index in [4.69, 9.17) is 0 Å². The van der Waals surface area contributed by atoms with Crippen molar-refractivity contribution in [2.45, 2.75) is 25.3 Å². The van der Waals surface area contributed by atoms with Crippen molar-refractivity contribution in [1.29, 1.82) is 0 Å². The van der Waals surface area contributed by atoms with E-state index in [0.717, 1.165) is 39.9 Å². The number of hydrogen-bond acceptors (Lipinski definition) is 2. The van der Waals surface area contributed by atoms with Crippen LogP contribution in [0.5, 0.6) is 0 Å². The molecule has 2 N–H and O–H groups in total. The molecule has 5 nitrogen and oxygen atoms in total. The number of hydrogen-bond donors (Lipinski definition) is 2. The highest BCUT2D eigenvalue weighted by Gasteiger charge is 2.46. The lowest BCUT2D eigenvalue weighted by molar-refractivity contribution is -0.123. The molecule has 3 atom stereocenters. The molecule has 0 aliphatic heterocycles. The number of carbonyl (C=O) groups is 1. The highest BCUT2D eigenvalue weighted by molar-refractivity contribution is 5.85. The molecule has 28 heavy (non-hydrogen) atoms. The predicted molar refractivity (Wildman–Crippen MR) is 106 cm³/mol. The topological polar surface area (TPSA) is 62.7 Å². The Morgan fingerprint density at radius 3 is 2.93 bits per heavy atom. The summed E-state index contributed by atoms with van der Waals surface area (Å²) in [4.78, 5) is 20.7. The lowest BCUT2D eigenvalue weighted by Gasteiger charge is -2.15. The fourth-order valence-corrected chi connectivity index (χ4v) is 4.09. The zero-order valence-corrected chi connectivity index (χ0v) is 15.7. The molecule has 2 aromatic heterocycles. The molecule has 0 saturated heterocycles. The van der Waals surface area contributed by atoms with Gasteiger partial charge in [-0.1, -0.05) is 12.1 Å². The highest BCUT2D eigenvalue weighted by Crippen LogP contribution is 2.47. The number of nitrogens with zero attached hydrogens (tertiary/aromatic N) is 2. The molecular weight excluding hydrogens is 355 g/mol. The molecule has 0 radical (unpaired) electrons. The van der Waals surface area contributed by atoms with Crippen molar-refractivity contribution >= 4 is 27.8 Å². The van der Waals surface area contributed by atoms with Crippen LogP contribution in [0.1, 0.15) is 36.8 Å². The van der Waals surface area contributed by atoms with Crippen LogP contribution in [0, 0.1) is 11.7 Å². The van der Waals surface area contributed by atoms with Gasteiger partial charge >= 0.3 is 0 Å². The molecule has 2 heterocycles. The predicted octanol–water partition coefficient (Wildman–Crippen LogP) is 4.17. The Labute approximate surface area is 161 Å². The molecule has 1 fully saturated rings. The number of carbonyl (C=O) groups excluding carboxylic acids is 1. The fraction of sp³-hybridized carbons (Fsp3) is 0.273. The van der Waals surface area contributed by atoms with Crippen LogP contribution in [0.4, 0.5) is 4.39 Å². The maximum Gasteiger partial charge on any atom is 0.224 e. The minimum absolute atomic E-state index is 0.0365. The zero-order chi connectivity index (χ0) is 19.4. The summed E-state index contributed by atoms with van der Waals surface area (Å²) < 4.78 is 15.5. The Hall–Kier alpha value is -3.15.